The first-order valence-corrected chi connectivity index (χ1v) is 7.49. The lowest BCUT2D eigenvalue weighted by molar-refractivity contribution is 0.0483. The summed E-state index contributed by atoms with van der Waals surface area (Å²) in [4.78, 5) is 12.1. The van der Waals surface area contributed by atoms with Crippen molar-refractivity contribution >= 4 is 11.7 Å². The number of carbonyl (C=O) groups is 1. The number of anilines is 1. The van der Waals surface area contributed by atoms with Crippen molar-refractivity contribution in [2.75, 3.05) is 12.3 Å². The van der Waals surface area contributed by atoms with E-state index in [1.54, 1.807) is 6.07 Å². The number of nitrogen functional groups attached to an aromatic ring is 1. The summed E-state index contributed by atoms with van der Waals surface area (Å²) < 4.78 is 7.24. The molecule has 2 N–H and O–H groups in total. The van der Waals surface area contributed by atoms with Crippen LogP contribution >= 0.6 is 0 Å². The molecule has 0 atom stereocenters. The molecule has 21 heavy (non-hydrogen) atoms. The molecule has 1 heterocycles. The predicted octanol–water partition coefficient (Wildman–Crippen LogP) is 3.28. The van der Waals surface area contributed by atoms with Gasteiger partial charge in [-0.25, -0.2) is 4.79 Å². The van der Waals surface area contributed by atoms with E-state index in [-0.39, 0.29) is 11.4 Å². The molecule has 1 aliphatic carbocycles. The minimum absolute atomic E-state index is 0.306. The van der Waals surface area contributed by atoms with Gasteiger partial charge in [0.05, 0.1) is 23.8 Å². The Hall–Kier alpha value is -1.96. The van der Waals surface area contributed by atoms with Crippen molar-refractivity contribution < 1.29 is 9.53 Å². The smallest absolute Gasteiger partial charge is 0.355 e. The number of rotatable bonds is 7. The Morgan fingerprint density at radius 2 is 2.24 bits per heavy atom. The third-order valence-electron chi connectivity index (χ3n) is 3.75. The lowest BCUT2D eigenvalue weighted by Gasteiger charge is -2.14. The first-order valence-electron chi connectivity index (χ1n) is 7.49. The van der Waals surface area contributed by atoms with E-state index >= 15 is 0 Å². The average Bonchev–Trinajstić information content (AvgIpc) is 3.21. The van der Waals surface area contributed by atoms with Crippen LogP contribution in [0.5, 0.6) is 0 Å². The van der Waals surface area contributed by atoms with Gasteiger partial charge < -0.3 is 15.0 Å². The number of carbonyl (C=O) groups excluding carboxylic acids is 1. The molecule has 1 fully saturated rings. The number of hydrogen-bond acceptors (Lipinski definition) is 4. The first-order chi connectivity index (χ1) is 9.93. The normalized spacial score (nSPS) is 14.7. The summed E-state index contributed by atoms with van der Waals surface area (Å²) in [5.74, 6) is -0.307. The zero-order chi connectivity index (χ0) is 15.5. The molecule has 0 aromatic carbocycles. The largest absolute Gasteiger partial charge is 0.461 e. The maximum atomic E-state index is 12.1. The molecular formula is C16H23N3O2. The van der Waals surface area contributed by atoms with Crippen LogP contribution in [0.2, 0.25) is 0 Å². The second-order valence-corrected chi connectivity index (χ2v) is 6.39. The minimum atomic E-state index is -0.307. The van der Waals surface area contributed by atoms with Gasteiger partial charge in [0.1, 0.15) is 5.69 Å². The van der Waals surface area contributed by atoms with Crippen molar-refractivity contribution in [3.63, 3.8) is 0 Å². The molecule has 2 rings (SSSR count). The van der Waals surface area contributed by atoms with Gasteiger partial charge in [-0.1, -0.05) is 0 Å². The average molecular weight is 289 g/mol. The number of unbranched alkanes of at least 4 members (excludes halogenated alkanes) is 1. The molecule has 0 amide bonds. The maximum absolute atomic E-state index is 12.1. The highest BCUT2D eigenvalue weighted by Gasteiger charge is 2.28. The van der Waals surface area contributed by atoms with Crippen LogP contribution in [0.25, 0.3) is 0 Å². The summed E-state index contributed by atoms with van der Waals surface area (Å²) in [6.45, 7) is 4.23. The summed E-state index contributed by atoms with van der Waals surface area (Å²) in [5, 5.41) is 8.93. The summed E-state index contributed by atoms with van der Waals surface area (Å²) in [6, 6.07) is 4.36. The van der Waals surface area contributed by atoms with Crippen molar-refractivity contribution in [1.82, 2.24) is 4.57 Å². The fraction of sp³-hybridized carbons (Fsp3) is 0.625. The summed E-state index contributed by atoms with van der Waals surface area (Å²) in [6.07, 6.45) is 6.46. The molecule has 5 heteroatoms. The third kappa shape index (κ3) is 4.25. The van der Waals surface area contributed by atoms with Crippen LogP contribution < -0.4 is 5.73 Å². The predicted molar refractivity (Wildman–Crippen MR) is 80.6 cm³/mol. The number of hydrogen-bond donors (Lipinski definition) is 1. The molecule has 5 nitrogen and oxygen atoms in total. The van der Waals surface area contributed by atoms with E-state index in [1.807, 2.05) is 24.6 Å². The number of nitriles is 1. The molecule has 0 aliphatic heterocycles. The lowest BCUT2D eigenvalue weighted by Crippen LogP contribution is -2.12. The van der Waals surface area contributed by atoms with Crippen LogP contribution in [0.15, 0.2) is 12.3 Å². The van der Waals surface area contributed by atoms with Gasteiger partial charge in [-0.05, 0) is 52.0 Å². The summed E-state index contributed by atoms with van der Waals surface area (Å²) in [7, 11) is 0. The highest BCUT2D eigenvalue weighted by molar-refractivity contribution is 5.89. The standard InChI is InChI=1S/C16H23N3O2/c1-16(2,11-17)7-3-4-8-21-15(20)14-9-12(18)10-19(14)13-5-6-13/h9-10,13H,3-8,18H2,1-2H3. The minimum Gasteiger partial charge on any atom is -0.461 e. The molecule has 0 bridgehead atoms. The van der Waals surface area contributed by atoms with Crippen LogP contribution in [0.3, 0.4) is 0 Å². The second-order valence-electron chi connectivity index (χ2n) is 6.39. The van der Waals surface area contributed by atoms with Gasteiger partial charge in [-0.2, -0.15) is 5.26 Å². The Balaban J connectivity index is 1.77. The van der Waals surface area contributed by atoms with Crippen LogP contribution in [0.1, 0.15) is 62.5 Å². The van der Waals surface area contributed by atoms with Crippen molar-refractivity contribution in [3.05, 3.63) is 18.0 Å². The summed E-state index contributed by atoms with van der Waals surface area (Å²) in [5.41, 5.74) is 6.61. The van der Waals surface area contributed by atoms with E-state index in [0.717, 1.165) is 32.1 Å². The van der Waals surface area contributed by atoms with Gasteiger partial charge in [-0.3, -0.25) is 0 Å². The summed E-state index contributed by atoms with van der Waals surface area (Å²) >= 11 is 0. The van der Waals surface area contributed by atoms with E-state index in [9.17, 15) is 4.79 Å². The van der Waals surface area contributed by atoms with Crippen molar-refractivity contribution in [2.45, 2.75) is 52.0 Å². The van der Waals surface area contributed by atoms with Gasteiger partial charge in [0.25, 0.3) is 0 Å². The van der Waals surface area contributed by atoms with Crippen molar-refractivity contribution in [3.8, 4) is 6.07 Å². The van der Waals surface area contributed by atoms with Crippen LogP contribution in [0.4, 0.5) is 5.69 Å². The topological polar surface area (TPSA) is 81.0 Å². The van der Waals surface area contributed by atoms with Crippen LogP contribution in [-0.4, -0.2) is 17.1 Å². The Morgan fingerprint density at radius 3 is 2.86 bits per heavy atom. The Labute approximate surface area is 125 Å². The van der Waals surface area contributed by atoms with Crippen molar-refractivity contribution in [2.24, 2.45) is 5.41 Å². The molecule has 0 radical (unpaired) electrons. The van der Waals surface area contributed by atoms with E-state index < -0.39 is 0 Å². The van der Waals surface area contributed by atoms with E-state index in [1.165, 1.54) is 0 Å². The van der Waals surface area contributed by atoms with Crippen molar-refractivity contribution in [1.29, 1.82) is 5.26 Å². The van der Waals surface area contributed by atoms with Crippen LogP contribution in [-0.2, 0) is 4.74 Å². The monoisotopic (exact) mass is 289 g/mol. The van der Waals surface area contributed by atoms with Gasteiger partial charge in [0.2, 0.25) is 0 Å². The quantitative estimate of drug-likeness (QED) is 0.617. The Kier molecular flexibility index (Phi) is 4.56. The van der Waals surface area contributed by atoms with Gasteiger partial charge >= 0.3 is 5.97 Å². The van der Waals surface area contributed by atoms with E-state index in [2.05, 4.69) is 6.07 Å². The second kappa shape index (κ2) is 6.21. The zero-order valence-corrected chi connectivity index (χ0v) is 12.8. The van der Waals surface area contributed by atoms with Gasteiger partial charge in [-0.15, -0.1) is 0 Å². The molecule has 0 saturated heterocycles. The molecule has 1 aliphatic rings. The number of nitrogens with two attached hydrogens (primary N) is 1. The number of ether oxygens (including phenoxy) is 1. The molecule has 1 aromatic rings. The lowest BCUT2D eigenvalue weighted by atomic mass is 9.89. The fourth-order valence-electron chi connectivity index (χ4n) is 2.28. The molecule has 114 valence electrons. The first kappa shape index (κ1) is 15.4. The van der Waals surface area contributed by atoms with Crippen LogP contribution in [0, 0.1) is 16.7 Å². The highest BCUT2D eigenvalue weighted by atomic mass is 16.5. The van der Waals surface area contributed by atoms with Gasteiger partial charge in [0, 0.05) is 12.2 Å². The highest BCUT2D eigenvalue weighted by Crippen LogP contribution is 2.37. The fourth-order valence-corrected chi connectivity index (χ4v) is 2.28. The molecule has 1 saturated carbocycles. The molecule has 0 spiro atoms. The number of nitrogens with zero attached hydrogens (tertiary/aromatic N) is 2. The maximum Gasteiger partial charge on any atom is 0.355 e. The molecule has 1 aromatic heterocycles. The molecular weight excluding hydrogens is 266 g/mol. The number of esters is 1. The zero-order valence-electron chi connectivity index (χ0n) is 12.8. The Bertz CT molecular complexity index is 550. The van der Waals surface area contributed by atoms with Gasteiger partial charge in [0.15, 0.2) is 0 Å². The van der Waals surface area contributed by atoms with E-state index in [4.69, 9.17) is 15.7 Å². The Morgan fingerprint density at radius 1 is 1.52 bits per heavy atom. The third-order valence-corrected chi connectivity index (χ3v) is 3.75. The van der Waals surface area contributed by atoms with E-state index in [0.29, 0.717) is 24.0 Å². The molecule has 0 unspecified atom stereocenters. The SMILES string of the molecule is CC(C)(C#N)CCCCOC(=O)c1cc(N)cn1C1CC1. The number of aromatic nitrogens is 1.